The quantitative estimate of drug-likeness (QED) is 0.886. The van der Waals surface area contributed by atoms with E-state index in [1.54, 1.807) is 13.3 Å². The van der Waals surface area contributed by atoms with Gasteiger partial charge < -0.3 is 15.4 Å². The number of carbonyl (C=O) groups excluding carboxylic acids is 1. The molecule has 0 bridgehead atoms. The van der Waals surface area contributed by atoms with Crippen molar-refractivity contribution in [1.82, 2.24) is 15.1 Å². The second-order valence-corrected chi connectivity index (χ2v) is 6.17. The fourth-order valence-electron chi connectivity index (χ4n) is 3.21. The molecular weight excluding hydrogens is 304 g/mol. The van der Waals surface area contributed by atoms with Crippen molar-refractivity contribution >= 4 is 11.7 Å². The Morgan fingerprint density at radius 2 is 2.21 bits per heavy atom. The standard InChI is InChI=1S/C18H24N4O2/c1-24-17-9-3-2-8-16(17)21-18(23)20-15-7-4-6-14(12-15)13-22-11-5-10-19-22/h4-7,10-12,16-17H,2-3,8-9,13H2,1H3,(H2,20,21,23)/t16-,17+/m0/s1. The number of anilines is 1. The van der Waals surface area contributed by atoms with Crippen molar-refractivity contribution in [3.63, 3.8) is 0 Å². The highest BCUT2D eigenvalue weighted by atomic mass is 16.5. The number of amides is 2. The maximum atomic E-state index is 12.3. The van der Waals surface area contributed by atoms with E-state index in [0.717, 1.165) is 36.9 Å². The molecule has 0 aliphatic heterocycles. The number of hydrogen-bond acceptors (Lipinski definition) is 3. The monoisotopic (exact) mass is 328 g/mol. The van der Waals surface area contributed by atoms with Crippen LogP contribution in [0, 0.1) is 0 Å². The Balaban J connectivity index is 1.57. The van der Waals surface area contributed by atoms with Crippen LogP contribution < -0.4 is 10.6 Å². The number of nitrogens with one attached hydrogen (secondary N) is 2. The molecule has 1 aliphatic carbocycles. The van der Waals surface area contributed by atoms with Gasteiger partial charge in [-0.2, -0.15) is 5.10 Å². The van der Waals surface area contributed by atoms with Crippen molar-refractivity contribution in [2.24, 2.45) is 0 Å². The molecule has 128 valence electrons. The summed E-state index contributed by atoms with van der Waals surface area (Å²) in [6, 6.07) is 9.61. The van der Waals surface area contributed by atoms with Gasteiger partial charge >= 0.3 is 6.03 Å². The number of carbonyl (C=O) groups is 1. The third-order valence-electron chi connectivity index (χ3n) is 4.41. The minimum atomic E-state index is -0.180. The summed E-state index contributed by atoms with van der Waals surface area (Å²) in [7, 11) is 1.71. The number of rotatable bonds is 5. The molecule has 0 radical (unpaired) electrons. The molecule has 0 unspecified atom stereocenters. The summed E-state index contributed by atoms with van der Waals surface area (Å²) < 4.78 is 7.33. The van der Waals surface area contributed by atoms with E-state index in [0.29, 0.717) is 6.54 Å². The third-order valence-corrected chi connectivity index (χ3v) is 4.41. The van der Waals surface area contributed by atoms with E-state index in [9.17, 15) is 4.79 Å². The summed E-state index contributed by atoms with van der Waals surface area (Å²) in [6.07, 6.45) is 8.03. The first-order valence-corrected chi connectivity index (χ1v) is 8.41. The van der Waals surface area contributed by atoms with Gasteiger partial charge in [0.05, 0.1) is 18.7 Å². The van der Waals surface area contributed by atoms with E-state index in [2.05, 4.69) is 15.7 Å². The van der Waals surface area contributed by atoms with Crippen molar-refractivity contribution < 1.29 is 9.53 Å². The first kappa shape index (κ1) is 16.5. The molecule has 1 aromatic heterocycles. The minimum Gasteiger partial charge on any atom is -0.379 e. The highest BCUT2D eigenvalue weighted by Crippen LogP contribution is 2.21. The van der Waals surface area contributed by atoms with Gasteiger partial charge in [-0.15, -0.1) is 0 Å². The summed E-state index contributed by atoms with van der Waals surface area (Å²) >= 11 is 0. The van der Waals surface area contributed by atoms with Gasteiger partial charge in [0.2, 0.25) is 0 Å². The number of hydrogen-bond donors (Lipinski definition) is 2. The van der Waals surface area contributed by atoms with Crippen molar-refractivity contribution in [2.45, 2.75) is 44.4 Å². The lowest BCUT2D eigenvalue weighted by atomic mass is 9.92. The summed E-state index contributed by atoms with van der Waals surface area (Å²) in [5.74, 6) is 0. The average Bonchev–Trinajstić information content (AvgIpc) is 3.08. The lowest BCUT2D eigenvalue weighted by Crippen LogP contribution is -2.47. The van der Waals surface area contributed by atoms with Gasteiger partial charge in [-0.05, 0) is 36.6 Å². The number of aromatic nitrogens is 2. The van der Waals surface area contributed by atoms with Crippen LogP contribution in [0.2, 0.25) is 0 Å². The molecule has 1 heterocycles. The fraction of sp³-hybridized carbons (Fsp3) is 0.444. The predicted molar refractivity (Wildman–Crippen MR) is 93.0 cm³/mol. The SMILES string of the molecule is CO[C@@H]1CCCC[C@@H]1NC(=O)Nc1cccc(Cn2cccn2)c1. The second-order valence-electron chi connectivity index (χ2n) is 6.17. The molecular formula is C18H24N4O2. The van der Waals surface area contributed by atoms with E-state index in [4.69, 9.17) is 4.74 Å². The zero-order valence-corrected chi connectivity index (χ0v) is 13.9. The lowest BCUT2D eigenvalue weighted by Gasteiger charge is -2.31. The molecule has 0 spiro atoms. The van der Waals surface area contributed by atoms with Crippen molar-refractivity contribution in [3.05, 3.63) is 48.3 Å². The van der Waals surface area contributed by atoms with Gasteiger partial charge in [-0.25, -0.2) is 4.79 Å². The summed E-state index contributed by atoms with van der Waals surface area (Å²) in [5.41, 5.74) is 1.87. The van der Waals surface area contributed by atoms with Gasteiger partial charge in [-0.3, -0.25) is 4.68 Å². The summed E-state index contributed by atoms with van der Waals surface area (Å²) in [4.78, 5) is 12.3. The average molecular weight is 328 g/mol. The van der Waals surface area contributed by atoms with E-state index in [1.165, 1.54) is 0 Å². The number of ether oxygens (including phenoxy) is 1. The van der Waals surface area contributed by atoms with E-state index < -0.39 is 0 Å². The number of urea groups is 1. The van der Waals surface area contributed by atoms with E-state index >= 15 is 0 Å². The molecule has 24 heavy (non-hydrogen) atoms. The smallest absolute Gasteiger partial charge is 0.319 e. The van der Waals surface area contributed by atoms with Crippen LogP contribution in [-0.4, -0.2) is 35.1 Å². The molecule has 1 aromatic carbocycles. The van der Waals surface area contributed by atoms with Crippen LogP contribution in [0.15, 0.2) is 42.7 Å². The van der Waals surface area contributed by atoms with Crippen LogP contribution >= 0.6 is 0 Å². The summed E-state index contributed by atoms with van der Waals surface area (Å²) in [5, 5.41) is 10.2. The number of methoxy groups -OCH3 is 1. The van der Waals surface area contributed by atoms with Crippen LogP contribution in [0.1, 0.15) is 31.2 Å². The van der Waals surface area contributed by atoms with Crippen LogP contribution in [-0.2, 0) is 11.3 Å². The normalized spacial score (nSPS) is 20.5. The van der Waals surface area contributed by atoms with Gasteiger partial charge in [0.1, 0.15) is 0 Å². The van der Waals surface area contributed by atoms with E-state index in [1.807, 2.05) is 41.2 Å². The Labute approximate surface area is 142 Å². The third kappa shape index (κ3) is 4.35. The molecule has 6 heteroatoms. The van der Waals surface area contributed by atoms with Crippen molar-refractivity contribution in [3.8, 4) is 0 Å². The largest absolute Gasteiger partial charge is 0.379 e. The zero-order valence-electron chi connectivity index (χ0n) is 13.9. The Morgan fingerprint density at radius 1 is 1.33 bits per heavy atom. The predicted octanol–water partition coefficient (Wildman–Crippen LogP) is 3.01. The topological polar surface area (TPSA) is 68.2 Å². The van der Waals surface area contributed by atoms with Crippen LogP contribution in [0.25, 0.3) is 0 Å². The molecule has 2 N–H and O–H groups in total. The molecule has 1 saturated carbocycles. The van der Waals surface area contributed by atoms with Crippen molar-refractivity contribution in [2.75, 3.05) is 12.4 Å². The number of benzene rings is 1. The first-order valence-electron chi connectivity index (χ1n) is 8.41. The maximum absolute atomic E-state index is 12.3. The van der Waals surface area contributed by atoms with Gasteiger partial charge in [0, 0.05) is 25.2 Å². The highest BCUT2D eigenvalue weighted by Gasteiger charge is 2.26. The summed E-state index contributed by atoms with van der Waals surface area (Å²) in [6.45, 7) is 0.679. The Bertz CT molecular complexity index is 657. The van der Waals surface area contributed by atoms with Crippen LogP contribution in [0.4, 0.5) is 10.5 Å². The maximum Gasteiger partial charge on any atom is 0.319 e. The van der Waals surface area contributed by atoms with Gasteiger partial charge in [-0.1, -0.05) is 25.0 Å². The molecule has 2 atom stereocenters. The lowest BCUT2D eigenvalue weighted by molar-refractivity contribution is 0.0459. The highest BCUT2D eigenvalue weighted by molar-refractivity contribution is 5.89. The molecule has 6 nitrogen and oxygen atoms in total. The zero-order chi connectivity index (χ0) is 16.8. The fourth-order valence-corrected chi connectivity index (χ4v) is 3.21. The Kier molecular flexibility index (Phi) is 5.48. The molecule has 2 aromatic rings. The van der Waals surface area contributed by atoms with Gasteiger partial charge in [0.25, 0.3) is 0 Å². The molecule has 1 aliphatic rings. The first-order chi connectivity index (χ1) is 11.7. The molecule has 2 amide bonds. The van der Waals surface area contributed by atoms with Crippen molar-refractivity contribution in [1.29, 1.82) is 0 Å². The van der Waals surface area contributed by atoms with Crippen LogP contribution in [0.5, 0.6) is 0 Å². The Hall–Kier alpha value is -2.34. The van der Waals surface area contributed by atoms with E-state index in [-0.39, 0.29) is 18.2 Å². The number of nitrogens with zero attached hydrogens (tertiary/aromatic N) is 2. The molecule has 1 fully saturated rings. The van der Waals surface area contributed by atoms with Gasteiger partial charge in [0.15, 0.2) is 0 Å². The Morgan fingerprint density at radius 3 is 3.00 bits per heavy atom. The molecule has 0 saturated heterocycles. The minimum absolute atomic E-state index is 0.0796. The van der Waals surface area contributed by atoms with Crippen LogP contribution in [0.3, 0.4) is 0 Å². The second kappa shape index (κ2) is 7.97. The molecule has 3 rings (SSSR count).